The molecule has 0 fully saturated rings. The molecule has 2 aromatic heterocycles. The van der Waals surface area contributed by atoms with Crippen LogP contribution < -0.4 is 16.2 Å². The van der Waals surface area contributed by atoms with Crippen molar-refractivity contribution in [1.82, 2.24) is 15.0 Å². The first-order valence-corrected chi connectivity index (χ1v) is 6.55. The zero-order valence-corrected chi connectivity index (χ0v) is 12.0. The molecule has 0 aromatic carbocycles. The van der Waals surface area contributed by atoms with Crippen LogP contribution >= 0.6 is 0 Å². The number of pyridine rings is 1. The van der Waals surface area contributed by atoms with Gasteiger partial charge in [-0.25, -0.2) is 15.8 Å². The summed E-state index contributed by atoms with van der Waals surface area (Å²) in [6.07, 6.45) is 3.57. The van der Waals surface area contributed by atoms with Gasteiger partial charge in [-0.05, 0) is 17.7 Å². The van der Waals surface area contributed by atoms with Crippen LogP contribution in [0.15, 0.2) is 30.6 Å². The molecule has 106 valence electrons. The molecule has 0 aliphatic rings. The second-order valence-electron chi connectivity index (χ2n) is 4.98. The lowest BCUT2D eigenvalue weighted by atomic mass is 10.2. The van der Waals surface area contributed by atoms with Crippen molar-refractivity contribution in [3.05, 3.63) is 42.0 Å². The Morgan fingerprint density at radius 1 is 1.25 bits per heavy atom. The van der Waals surface area contributed by atoms with Crippen LogP contribution in [0.25, 0.3) is 0 Å². The molecule has 6 nitrogen and oxygen atoms in total. The van der Waals surface area contributed by atoms with Crippen LogP contribution in [0.5, 0.6) is 0 Å². The summed E-state index contributed by atoms with van der Waals surface area (Å²) < 4.78 is 0. The van der Waals surface area contributed by atoms with Gasteiger partial charge in [0, 0.05) is 38.0 Å². The summed E-state index contributed by atoms with van der Waals surface area (Å²) in [5, 5.41) is 0. The molecule has 20 heavy (non-hydrogen) atoms. The van der Waals surface area contributed by atoms with E-state index in [0.29, 0.717) is 5.82 Å². The van der Waals surface area contributed by atoms with Crippen LogP contribution in [0.1, 0.15) is 31.2 Å². The predicted molar refractivity (Wildman–Crippen MR) is 80.3 cm³/mol. The minimum Gasteiger partial charge on any atom is -0.355 e. The number of anilines is 2. The summed E-state index contributed by atoms with van der Waals surface area (Å²) >= 11 is 0. The van der Waals surface area contributed by atoms with Crippen molar-refractivity contribution in [1.29, 1.82) is 0 Å². The van der Waals surface area contributed by atoms with Crippen molar-refractivity contribution in [2.24, 2.45) is 5.84 Å². The fourth-order valence-electron chi connectivity index (χ4n) is 1.82. The number of rotatable bonds is 5. The summed E-state index contributed by atoms with van der Waals surface area (Å²) in [6.45, 7) is 4.87. The maximum absolute atomic E-state index is 5.47. The van der Waals surface area contributed by atoms with E-state index in [1.165, 1.54) is 5.56 Å². The minimum atomic E-state index is 0.247. The highest BCUT2D eigenvalue weighted by atomic mass is 15.3. The van der Waals surface area contributed by atoms with Gasteiger partial charge in [0.15, 0.2) is 0 Å². The number of hydrazine groups is 1. The third-order valence-corrected chi connectivity index (χ3v) is 2.95. The largest absolute Gasteiger partial charge is 0.355 e. The van der Waals surface area contributed by atoms with Gasteiger partial charge < -0.3 is 10.3 Å². The maximum Gasteiger partial charge on any atom is 0.145 e. The fraction of sp³-hybridized carbons (Fsp3) is 0.357. The Hall–Kier alpha value is -2.21. The Kier molecular flexibility index (Phi) is 4.47. The molecule has 3 N–H and O–H groups in total. The zero-order valence-electron chi connectivity index (χ0n) is 12.0. The average molecular weight is 272 g/mol. The third-order valence-electron chi connectivity index (χ3n) is 2.95. The average Bonchev–Trinajstić information content (AvgIpc) is 2.47. The monoisotopic (exact) mass is 272 g/mol. The molecule has 0 aliphatic carbocycles. The molecule has 0 spiro atoms. The van der Waals surface area contributed by atoms with Gasteiger partial charge in [0.1, 0.15) is 17.5 Å². The van der Waals surface area contributed by atoms with E-state index in [-0.39, 0.29) is 5.92 Å². The molecule has 0 atom stereocenters. The number of nitrogens with one attached hydrogen (secondary N) is 1. The summed E-state index contributed by atoms with van der Waals surface area (Å²) in [4.78, 5) is 15.0. The molecule has 0 saturated carbocycles. The standard InChI is InChI=1S/C14H20N6/c1-10(2)14-17-12(19-15)8-13(18-14)20(3)9-11-4-6-16-7-5-11/h4-8,10H,9,15H2,1-3H3,(H,17,18,19). The van der Waals surface area contributed by atoms with E-state index in [2.05, 4.69) is 39.1 Å². The molecular formula is C14H20N6. The van der Waals surface area contributed by atoms with Gasteiger partial charge in [0.05, 0.1) is 0 Å². The van der Waals surface area contributed by atoms with Gasteiger partial charge in [-0.1, -0.05) is 13.8 Å². The smallest absolute Gasteiger partial charge is 0.145 e. The SMILES string of the molecule is CC(C)c1nc(NN)cc(N(C)Cc2ccncc2)n1. The molecule has 6 heteroatoms. The van der Waals surface area contributed by atoms with Crippen molar-refractivity contribution >= 4 is 11.6 Å². The van der Waals surface area contributed by atoms with Crippen LogP contribution in [-0.4, -0.2) is 22.0 Å². The molecule has 0 saturated heterocycles. The fourth-order valence-corrected chi connectivity index (χ4v) is 1.82. The highest BCUT2D eigenvalue weighted by molar-refractivity contribution is 5.49. The molecule has 2 rings (SSSR count). The number of nitrogen functional groups attached to an aromatic ring is 1. The number of aromatic nitrogens is 3. The highest BCUT2D eigenvalue weighted by Gasteiger charge is 2.11. The molecule has 0 radical (unpaired) electrons. The molecule has 0 aliphatic heterocycles. The third kappa shape index (κ3) is 3.42. The maximum atomic E-state index is 5.47. The molecular weight excluding hydrogens is 252 g/mol. The Balaban J connectivity index is 2.24. The Labute approximate surface area is 119 Å². The van der Waals surface area contributed by atoms with Crippen molar-refractivity contribution in [2.75, 3.05) is 17.4 Å². The second kappa shape index (κ2) is 6.29. The molecule has 0 unspecified atom stereocenters. The van der Waals surface area contributed by atoms with Gasteiger partial charge >= 0.3 is 0 Å². The zero-order chi connectivity index (χ0) is 14.5. The van der Waals surface area contributed by atoms with E-state index >= 15 is 0 Å². The Morgan fingerprint density at radius 3 is 2.55 bits per heavy atom. The summed E-state index contributed by atoms with van der Waals surface area (Å²) in [5.41, 5.74) is 3.77. The minimum absolute atomic E-state index is 0.247. The first-order chi connectivity index (χ1) is 9.60. The second-order valence-corrected chi connectivity index (χ2v) is 4.98. The van der Waals surface area contributed by atoms with Crippen molar-refractivity contribution in [2.45, 2.75) is 26.3 Å². The quantitative estimate of drug-likeness (QED) is 0.639. The predicted octanol–water partition coefficient (Wildman–Crippen LogP) is 1.92. The molecule has 0 bridgehead atoms. The molecule has 0 amide bonds. The van der Waals surface area contributed by atoms with Crippen LogP contribution in [0.3, 0.4) is 0 Å². The van der Waals surface area contributed by atoms with Crippen LogP contribution in [0.4, 0.5) is 11.6 Å². The lowest BCUT2D eigenvalue weighted by Crippen LogP contribution is -2.20. The van der Waals surface area contributed by atoms with E-state index in [9.17, 15) is 0 Å². The number of hydrogen-bond donors (Lipinski definition) is 2. The van der Waals surface area contributed by atoms with Gasteiger partial charge in [-0.15, -0.1) is 0 Å². The lowest BCUT2D eigenvalue weighted by molar-refractivity contribution is 0.763. The van der Waals surface area contributed by atoms with Gasteiger partial charge in [0.25, 0.3) is 0 Å². The van der Waals surface area contributed by atoms with Crippen molar-refractivity contribution < 1.29 is 0 Å². The summed E-state index contributed by atoms with van der Waals surface area (Å²) in [7, 11) is 1.99. The number of hydrogen-bond acceptors (Lipinski definition) is 6. The van der Waals surface area contributed by atoms with Gasteiger partial charge in [0.2, 0.25) is 0 Å². The van der Waals surface area contributed by atoms with E-state index in [1.807, 2.05) is 25.2 Å². The van der Waals surface area contributed by atoms with Crippen LogP contribution in [0.2, 0.25) is 0 Å². The van der Waals surface area contributed by atoms with Crippen LogP contribution in [0, 0.1) is 0 Å². The molecule has 2 heterocycles. The highest BCUT2D eigenvalue weighted by Crippen LogP contribution is 2.20. The van der Waals surface area contributed by atoms with E-state index in [1.54, 1.807) is 12.4 Å². The number of nitrogens with two attached hydrogens (primary N) is 1. The first-order valence-electron chi connectivity index (χ1n) is 6.55. The van der Waals surface area contributed by atoms with E-state index in [4.69, 9.17) is 5.84 Å². The normalized spacial score (nSPS) is 10.7. The molecule has 2 aromatic rings. The van der Waals surface area contributed by atoms with E-state index in [0.717, 1.165) is 18.2 Å². The first kappa shape index (κ1) is 14.2. The van der Waals surface area contributed by atoms with Crippen LogP contribution in [-0.2, 0) is 6.54 Å². The van der Waals surface area contributed by atoms with E-state index < -0.39 is 0 Å². The summed E-state index contributed by atoms with van der Waals surface area (Å²) in [6, 6.07) is 5.82. The van der Waals surface area contributed by atoms with Crippen molar-refractivity contribution in [3.8, 4) is 0 Å². The van der Waals surface area contributed by atoms with Gasteiger partial charge in [-0.2, -0.15) is 0 Å². The Morgan fingerprint density at radius 2 is 1.95 bits per heavy atom. The summed E-state index contributed by atoms with van der Waals surface area (Å²) in [5.74, 6) is 7.96. The van der Waals surface area contributed by atoms with Gasteiger partial charge in [-0.3, -0.25) is 4.98 Å². The lowest BCUT2D eigenvalue weighted by Gasteiger charge is -2.20. The van der Waals surface area contributed by atoms with Crippen molar-refractivity contribution in [3.63, 3.8) is 0 Å². The number of nitrogens with zero attached hydrogens (tertiary/aromatic N) is 4. The Bertz CT molecular complexity index is 555. The topological polar surface area (TPSA) is 80.0 Å².